The average Bonchev–Trinajstić information content (AvgIpc) is 2.49. The van der Waals surface area contributed by atoms with Gasteiger partial charge in [0.1, 0.15) is 0 Å². The van der Waals surface area contributed by atoms with Gasteiger partial charge in [0.05, 0.1) is 6.04 Å². The first-order chi connectivity index (χ1) is 9.27. The van der Waals surface area contributed by atoms with Crippen molar-refractivity contribution < 1.29 is 9.59 Å². The Morgan fingerprint density at radius 1 is 1.10 bits per heavy atom. The second kappa shape index (κ2) is 9.19. The minimum atomic E-state index is -0.0566. The van der Waals surface area contributed by atoms with Crippen LogP contribution in [0.3, 0.4) is 0 Å². The molecule has 2 aliphatic rings. The zero-order valence-electron chi connectivity index (χ0n) is 12.0. The highest BCUT2D eigenvalue weighted by molar-refractivity contribution is 5.85. The minimum Gasteiger partial charge on any atom is -0.354 e. The minimum absolute atomic E-state index is 0. The molecule has 0 radical (unpaired) electrons. The van der Waals surface area contributed by atoms with Gasteiger partial charge in [-0.1, -0.05) is 6.42 Å². The molecule has 20 heavy (non-hydrogen) atoms. The van der Waals surface area contributed by atoms with Crippen LogP contribution in [0.2, 0.25) is 0 Å². The molecular weight excluding hydrogens is 278 g/mol. The summed E-state index contributed by atoms with van der Waals surface area (Å²) in [6, 6.07) is -0.0566. The lowest BCUT2D eigenvalue weighted by Crippen LogP contribution is -2.47. The van der Waals surface area contributed by atoms with E-state index in [2.05, 4.69) is 10.6 Å². The van der Waals surface area contributed by atoms with E-state index in [1.165, 1.54) is 6.42 Å². The van der Waals surface area contributed by atoms with Crippen LogP contribution >= 0.6 is 12.4 Å². The van der Waals surface area contributed by atoms with E-state index in [0.29, 0.717) is 13.0 Å². The van der Waals surface area contributed by atoms with Crippen molar-refractivity contribution in [2.45, 2.75) is 51.0 Å². The van der Waals surface area contributed by atoms with Crippen LogP contribution in [0.25, 0.3) is 0 Å². The quantitative estimate of drug-likeness (QED) is 0.817. The highest BCUT2D eigenvalue weighted by Gasteiger charge is 2.21. The Kier molecular flexibility index (Phi) is 7.92. The van der Waals surface area contributed by atoms with E-state index in [1.807, 2.05) is 4.90 Å². The first-order valence-electron chi connectivity index (χ1n) is 7.56. The number of nitrogens with zero attached hydrogens (tertiary/aromatic N) is 1. The molecule has 2 aliphatic heterocycles. The third-order valence-corrected chi connectivity index (χ3v) is 3.97. The van der Waals surface area contributed by atoms with Gasteiger partial charge in [0, 0.05) is 26.1 Å². The Bertz CT molecular complexity index is 284. The topological polar surface area (TPSA) is 61.4 Å². The number of likely N-dealkylation sites (tertiary alicyclic amines) is 1. The van der Waals surface area contributed by atoms with Crippen molar-refractivity contribution >= 4 is 24.2 Å². The summed E-state index contributed by atoms with van der Waals surface area (Å²) in [6.45, 7) is 3.16. The molecule has 2 N–H and O–H groups in total. The predicted octanol–water partition coefficient (Wildman–Crippen LogP) is 1.07. The summed E-state index contributed by atoms with van der Waals surface area (Å²) in [4.78, 5) is 25.7. The summed E-state index contributed by atoms with van der Waals surface area (Å²) in [7, 11) is 0. The first kappa shape index (κ1) is 17.2. The smallest absolute Gasteiger partial charge is 0.237 e. The van der Waals surface area contributed by atoms with Crippen LogP contribution < -0.4 is 10.6 Å². The highest BCUT2D eigenvalue weighted by atomic mass is 35.5. The van der Waals surface area contributed by atoms with Gasteiger partial charge >= 0.3 is 0 Å². The molecule has 116 valence electrons. The van der Waals surface area contributed by atoms with Gasteiger partial charge < -0.3 is 15.5 Å². The lowest BCUT2D eigenvalue weighted by atomic mass is 10.0. The zero-order chi connectivity index (χ0) is 13.5. The third-order valence-electron chi connectivity index (χ3n) is 3.97. The fourth-order valence-corrected chi connectivity index (χ4v) is 2.79. The molecular formula is C14H26ClN3O2. The number of hydrogen-bond acceptors (Lipinski definition) is 3. The van der Waals surface area contributed by atoms with E-state index >= 15 is 0 Å². The van der Waals surface area contributed by atoms with E-state index in [1.54, 1.807) is 0 Å². The number of piperidine rings is 2. The maximum atomic E-state index is 11.9. The molecule has 0 bridgehead atoms. The Morgan fingerprint density at radius 3 is 2.50 bits per heavy atom. The van der Waals surface area contributed by atoms with Gasteiger partial charge in [-0.2, -0.15) is 0 Å². The standard InChI is InChI=1S/C14H25N3O2.ClH/c18-13(17-10-4-1-5-11-17)7-9-16-14(19)12-6-2-3-8-15-12;/h12,15H,1-11H2,(H,16,19);1H/t12-;/m0./s1. The molecule has 1 atom stereocenters. The van der Waals surface area contributed by atoms with Gasteiger partial charge in [0.25, 0.3) is 0 Å². The number of amides is 2. The molecule has 0 spiro atoms. The molecule has 0 aromatic rings. The van der Waals surface area contributed by atoms with Crippen molar-refractivity contribution in [1.82, 2.24) is 15.5 Å². The second-order valence-electron chi connectivity index (χ2n) is 5.48. The van der Waals surface area contributed by atoms with Crippen molar-refractivity contribution in [3.8, 4) is 0 Å². The summed E-state index contributed by atoms with van der Waals surface area (Å²) in [5.74, 6) is 0.225. The van der Waals surface area contributed by atoms with Crippen LogP contribution in [-0.2, 0) is 9.59 Å². The van der Waals surface area contributed by atoms with Gasteiger partial charge in [0.2, 0.25) is 11.8 Å². The zero-order valence-corrected chi connectivity index (χ0v) is 12.8. The van der Waals surface area contributed by atoms with Crippen LogP contribution in [0, 0.1) is 0 Å². The van der Waals surface area contributed by atoms with Gasteiger partial charge in [-0.05, 0) is 38.6 Å². The Hall–Kier alpha value is -0.810. The Labute approximate surface area is 127 Å². The summed E-state index contributed by atoms with van der Waals surface area (Å²) in [6.07, 6.45) is 7.06. The molecule has 2 rings (SSSR count). The monoisotopic (exact) mass is 303 g/mol. The summed E-state index contributed by atoms with van der Waals surface area (Å²) in [5, 5.41) is 6.09. The van der Waals surface area contributed by atoms with Crippen LogP contribution in [0.15, 0.2) is 0 Å². The number of carbonyl (C=O) groups is 2. The lowest BCUT2D eigenvalue weighted by molar-refractivity contribution is -0.132. The summed E-state index contributed by atoms with van der Waals surface area (Å²) >= 11 is 0. The van der Waals surface area contributed by atoms with Gasteiger partial charge in [-0.15, -0.1) is 12.4 Å². The maximum absolute atomic E-state index is 11.9. The predicted molar refractivity (Wildman–Crippen MR) is 80.9 cm³/mol. The first-order valence-corrected chi connectivity index (χ1v) is 7.56. The highest BCUT2D eigenvalue weighted by Crippen LogP contribution is 2.10. The molecule has 5 nitrogen and oxygen atoms in total. The van der Waals surface area contributed by atoms with Crippen molar-refractivity contribution in [3.63, 3.8) is 0 Å². The molecule has 2 amide bonds. The molecule has 0 aliphatic carbocycles. The number of halogens is 1. The Morgan fingerprint density at radius 2 is 1.85 bits per heavy atom. The van der Waals surface area contributed by atoms with E-state index in [9.17, 15) is 9.59 Å². The maximum Gasteiger partial charge on any atom is 0.237 e. The van der Waals surface area contributed by atoms with Crippen LogP contribution in [0.1, 0.15) is 44.9 Å². The second-order valence-corrected chi connectivity index (χ2v) is 5.48. The molecule has 0 unspecified atom stereocenters. The van der Waals surface area contributed by atoms with Crippen molar-refractivity contribution in [3.05, 3.63) is 0 Å². The molecule has 0 saturated carbocycles. The summed E-state index contributed by atoms with van der Waals surface area (Å²) < 4.78 is 0. The lowest BCUT2D eigenvalue weighted by Gasteiger charge is -2.27. The number of rotatable bonds is 4. The number of carbonyl (C=O) groups excluding carboxylic acids is 2. The average molecular weight is 304 g/mol. The molecule has 6 heteroatoms. The van der Waals surface area contributed by atoms with Gasteiger partial charge in [-0.25, -0.2) is 0 Å². The molecule has 0 aromatic heterocycles. The van der Waals surface area contributed by atoms with Crippen molar-refractivity contribution in [2.75, 3.05) is 26.2 Å². The van der Waals surface area contributed by atoms with Gasteiger partial charge in [-0.3, -0.25) is 9.59 Å². The van der Waals surface area contributed by atoms with Crippen LogP contribution in [0.4, 0.5) is 0 Å². The summed E-state index contributed by atoms with van der Waals surface area (Å²) in [5.41, 5.74) is 0. The van der Waals surface area contributed by atoms with E-state index in [4.69, 9.17) is 0 Å². The fraction of sp³-hybridized carbons (Fsp3) is 0.857. The number of hydrogen-bond donors (Lipinski definition) is 2. The van der Waals surface area contributed by atoms with Crippen LogP contribution in [0.5, 0.6) is 0 Å². The normalized spacial score (nSPS) is 22.8. The molecule has 2 heterocycles. The van der Waals surface area contributed by atoms with E-state index in [-0.39, 0.29) is 30.3 Å². The largest absolute Gasteiger partial charge is 0.354 e. The third kappa shape index (κ3) is 5.29. The van der Waals surface area contributed by atoms with E-state index < -0.39 is 0 Å². The number of nitrogens with one attached hydrogen (secondary N) is 2. The van der Waals surface area contributed by atoms with E-state index in [0.717, 1.165) is 51.7 Å². The van der Waals surface area contributed by atoms with Crippen molar-refractivity contribution in [1.29, 1.82) is 0 Å². The SMILES string of the molecule is Cl.O=C(NCCC(=O)N1CCCCC1)[C@@H]1CCCCN1. The van der Waals surface area contributed by atoms with Gasteiger partial charge in [0.15, 0.2) is 0 Å². The molecule has 2 saturated heterocycles. The molecule has 0 aromatic carbocycles. The fourth-order valence-electron chi connectivity index (χ4n) is 2.79. The van der Waals surface area contributed by atoms with Crippen molar-refractivity contribution in [2.24, 2.45) is 0 Å². The molecule has 2 fully saturated rings. The Balaban J connectivity index is 0.00000200. The van der Waals surface area contributed by atoms with Crippen LogP contribution in [-0.4, -0.2) is 48.9 Å².